The molecular formula is C26H37F2NO2. The molecule has 0 saturated heterocycles. The maximum atomic E-state index is 13.4. The van der Waals surface area contributed by atoms with E-state index in [1.54, 1.807) is 0 Å². The maximum Gasteiger partial charge on any atom is 0.402 e. The molecule has 5 heteroatoms. The van der Waals surface area contributed by atoms with Crippen LogP contribution in [0.25, 0.3) is 0 Å². The summed E-state index contributed by atoms with van der Waals surface area (Å²) in [6.45, 7) is 16.5. The van der Waals surface area contributed by atoms with Crippen molar-refractivity contribution < 1.29 is 18.6 Å². The lowest BCUT2D eigenvalue weighted by Gasteiger charge is -2.15. The van der Waals surface area contributed by atoms with Gasteiger partial charge in [0.25, 0.3) is 0 Å². The number of hydrogen-bond acceptors (Lipinski definition) is 3. The molecule has 2 heterocycles. The standard InChI is InChI=1S/C14H18F2O.C12H19NO/c1-8(2)10-5-6-11(9(3)4)13-12(10)7-14(15,16)17-13;1-8(2)10-5-6-11(9(3)4)13-12(10)7-14/h5-6,8-9H,7H2,1-4H3;5-6,8-9,14H,7H2,1-4H3. The Morgan fingerprint density at radius 2 is 1.35 bits per heavy atom. The number of aliphatic hydroxyl groups excluding tert-OH is 1. The zero-order valence-corrected chi connectivity index (χ0v) is 20.1. The molecule has 3 nitrogen and oxygen atoms in total. The molecule has 31 heavy (non-hydrogen) atoms. The molecular weight excluding hydrogens is 396 g/mol. The third-order valence-corrected chi connectivity index (χ3v) is 5.60. The van der Waals surface area contributed by atoms with Crippen molar-refractivity contribution in [3.63, 3.8) is 0 Å². The minimum absolute atomic E-state index is 0.0358. The van der Waals surface area contributed by atoms with E-state index in [0.717, 1.165) is 28.1 Å². The van der Waals surface area contributed by atoms with Crippen molar-refractivity contribution in [2.24, 2.45) is 0 Å². The van der Waals surface area contributed by atoms with E-state index in [9.17, 15) is 13.9 Å². The van der Waals surface area contributed by atoms with Crippen molar-refractivity contribution in [1.29, 1.82) is 0 Å². The molecule has 1 aromatic carbocycles. The van der Waals surface area contributed by atoms with E-state index < -0.39 is 6.11 Å². The second-order valence-corrected chi connectivity index (χ2v) is 9.52. The number of hydrogen-bond donors (Lipinski definition) is 1. The number of aromatic nitrogens is 1. The number of alkyl halides is 2. The molecule has 0 bridgehead atoms. The minimum Gasteiger partial charge on any atom is -0.432 e. The molecule has 0 radical (unpaired) electrons. The van der Waals surface area contributed by atoms with Gasteiger partial charge in [-0.2, -0.15) is 8.78 Å². The van der Waals surface area contributed by atoms with Crippen LogP contribution in [-0.2, 0) is 13.0 Å². The molecule has 172 valence electrons. The van der Waals surface area contributed by atoms with E-state index in [1.165, 1.54) is 0 Å². The Morgan fingerprint density at radius 3 is 1.84 bits per heavy atom. The van der Waals surface area contributed by atoms with Gasteiger partial charge in [-0.1, -0.05) is 73.6 Å². The number of aliphatic hydroxyl groups is 1. The van der Waals surface area contributed by atoms with Gasteiger partial charge in [0.2, 0.25) is 0 Å². The predicted octanol–water partition coefficient (Wildman–Crippen LogP) is 7.28. The number of halogens is 2. The quantitative estimate of drug-likeness (QED) is 0.539. The highest BCUT2D eigenvalue weighted by Crippen LogP contribution is 2.45. The molecule has 0 aliphatic carbocycles. The van der Waals surface area contributed by atoms with Crippen LogP contribution < -0.4 is 4.74 Å². The summed E-state index contributed by atoms with van der Waals surface area (Å²) in [5.41, 5.74) is 5.57. The first kappa shape index (κ1) is 25.3. The molecule has 0 spiro atoms. The van der Waals surface area contributed by atoms with E-state index in [1.807, 2.05) is 39.8 Å². The van der Waals surface area contributed by atoms with Crippen LogP contribution in [0.3, 0.4) is 0 Å². The van der Waals surface area contributed by atoms with Crippen molar-refractivity contribution >= 4 is 0 Å². The predicted molar refractivity (Wildman–Crippen MR) is 122 cm³/mol. The van der Waals surface area contributed by atoms with E-state index in [-0.39, 0.29) is 24.9 Å². The van der Waals surface area contributed by atoms with E-state index in [0.29, 0.717) is 23.1 Å². The van der Waals surface area contributed by atoms with Gasteiger partial charge in [0.15, 0.2) is 0 Å². The fourth-order valence-electron chi connectivity index (χ4n) is 3.85. The normalized spacial score (nSPS) is 14.7. The van der Waals surface area contributed by atoms with E-state index in [2.05, 4.69) is 44.8 Å². The molecule has 0 atom stereocenters. The summed E-state index contributed by atoms with van der Waals surface area (Å²) in [4.78, 5) is 4.46. The average Bonchev–Trinajstić information content (AvgIpc) is 3.01. The molecule has 1 aromatic heterocycles. The monoisotopic (exact) mass is 433 g/mol. The molecule has 3 rings (SSSR count). The van der Waals surface area contributed by atoms with Gasteiger partial charge in [-0.3, -0.25) is 4.98 Å². The van der Waals surface area contributed by atoms with Gasteiger partial charge in [0, 0.05) is 11.3 Å². The van der Waals surface area contributed by atoms with Crippen molar-refractivity contribution in [2.75, 3.05) is 0 Å². The first-order valence-electron chi connectivity index (χ1n) is 11.2. The topological polar surface area (TPSA) is 42.4 Å². The van der Waals surface area contributed by atoms with Crippen molar-refractivity contribution in [1.82, 2.24) is 4.98 Å². The summed E-state index contributed by atoms with van der Waals surface area (Å²) in [5, 5.41) is 9.21. The summed E-state index contributed by atoms with van der Waals surface area (Å²) in [6.07, 6.45) is -3.34. The zero-order valence-electron chi connectivity index (χ0n) is 20.1. The van der Waals surface area contributed by atoms with Crippen LogP contribution in [-0.4, -0.2) is 16.2 Å². The van der Waals surface area contributed by atoms with Crippen LogP contribution in [0, 0.1) is 0 Å². The smallest absolute Gasteiger partial charge is 0.402 e. The molecule has 0 unspecified atom stereocenters. The van der Waals surface area contributed by atoms with Crippen LogP contribution in [0.4, 0.5) is 8.78 Å². The number of nitrogens with zero attached hydrogens (tertiary/aromatic N) is 1. The Balaban J connectivity index is 0.000000225. The van der Waals surface area contributed by atoms with E-state index in [4.69, 9.17) is 4.74 Å². The van der Waals surface area contributed by atoms with E-state index >= 15 is 0 Å². The van der Waals surface area contributed by atoms with Crippen LogP contribution >= 0.6 is 0 Å². The molecule has 0 saturated carbocycles. The van der Waals surface area contributed by atoms with Gasteiger partial charge in [0.05, 0.1) is 18.7 Å². The van der Waals surface area contributed by atoms with Gasteiger partial charge in [-0.15, -0.1) is 0 Å². The summed E-state index contributed by atoms with van der Waals surface area (Å²) in [7, 11) is 0. The van der Waals surface area contributed by atoms with Gasteiger partial charge in [0.1, 0.15) is 5.75 Å². The number of benzene rings is 1. The van der Waals surface area contributed by atoms with Crippen molar-refractivity contribution in [3.05, 3.63) is 57.9 Å². The highest BCUT2D eigenvalue weighted by Gasteiger charge is 2.42. The number of fused-ring (bicyclic) bond motifs is 1. The summed E-state index contributed by atoms with van der Waals surface area (Å²) in [6, 6.07) is 8.02. The Morgan fingerprint density at radius 1 is 0.839 bits per heavy atom. The molecule has 0 amide bonds. The first-order chi connectivity index (χ1) is 14.4. The summed E-state index contributed by atoms with van der Waals surface area (Å²) in [5.74, 6) is 1.69. The van der Waals surface area contributed by atoms with Gasteiger partial charge in [-0.05, 0) is 46.4 Å². The summed E-state index contributed by atoms with van der Waals surface area (Å²) >= 11 is 0. The molecule has 1 aliphatic rings. The third-order valence-electron chi connectivity index (χ3n) is 5.60. The SMILES string of the molecule is CC(C)c1ccc(C(C)C)c(CO)n1.CC(C)c1ccc(C(C)C)c2c1CC(F)(F)O2. The first-order valence-corrected chi connectivity index (χ1v) is 11.2. The lowest BCUT2D eigenvalue weighted by Crippen LogP contribution is -2.21. The second-order valence-electron chi connectivity index (χ2n) is 9.52. The maximum absolute atomic E-state index is 13.4. The Labute approximate surface area is 185 Å². The molecule has 1 N–H and O–H groups in total. The van der Waals surface area contributed by atoms with Crippen molar-refractivity contribution in [2.45, 2.75) is 98.2 Å². The number of ether oxygens (including phenoxy) is 1. The summed E-state index contributed by atoms with van der Waals surface area (Å²) < 4.78 is 31.6. The zero-order chi connectivity index (χ0) is 23.5. The largest absolute Gasteiger partial charge is 0.432 e. The number of pyridine rings is 1. The Bertz CT molecular complexity index is 850. The lowest BCUT2D eigenvalue weighted by molar-refractivity contribution is -0.159. The van der Waals surface area contributed by atoms with Crippen LogP contribution in [0.15, 0.2) is 24.3 Å². The van der Waals surface area contributed by atoms with Gasteiger partial charge in [-0.25, -0.2) is 0 Å². The molecule has 2 aromatic rings. The van der Waals surface area contributed by atoms with Crippen molar-refractivity contribution in [3.8, 4) is 5.75 Å². The molecule has 0 fully saturated rings. The van der Waals surface area contributed by atoms with Crippen LogP contribution in [0.1, 0.15) is 113 Å². The van der Waals surface area contributed by atoms with Gasteiger partial charge < -0.3 is 9.84 Å². The fraction of sp³-hybridized carbons (Fsp3) is 0.577. The fourth-order valence-corrected chi connectivity index (χ4v) is 3.85. The third kappa shape index (κ3) is 6.03. The van der Waals surface area contributed by atoms with Crippen LogP contribution in [0.2, 0.25) is 0 Å². The highest BCUT2D eigenvalue weighted by atomic mass is 19.3. The van der Waals surface area contributed by atoms with Gasteiger partial charge >= 0.3 is 6.11 Å². The Hall–Kier alpha value is -2.01. The molecule has 1 aliphatic heterocycles. The second kappa shape index (κ2) is 10.1. The minimum atomic E-state index is -3.04. The number of rotatable bonds is 5. The Kier molecular flexibility index (Phi) is 8.21. The van der Waals surface area contributed by atoms with Crippen LogP contribution in [0.5, 0.6) is 5.75 Å². The lowest BCUT2D eigenvalue weighted by atomic mass is 9.90. The average molecular weight is 434 g/mol. The highest BCUT2D eigenvalue weighted by molar-refractivity contribution is 5.51.